The summed E-state index contributed by atoms with van der Waals surface area (Å²) in [4.78, 5) is 11.7. The standard InChI is InChI=1S/C14H14F2O2/c1-2-18-12-8-7-10(13(15)14(12)16)9-5-3-4-6-11(9)17/h3,5,7-9H,2,4,6H2,1H3. The van der Waals surface area contributed by atoms with Crippen LogP contribution in [0.5, 0.6) is 5.75 Å². The van der Waals surface area contributed by atoms with Gasteiger partial charge in [-0.25, -0.2) is 4.39 Å². The zero-order valence-corrected chi connectivity index (χ0v) is 10.1. The molecule has 1 aromatic rings. The second-order valence-electron chi connectivity index (χ2n) is 4.12. The maximum Gasteiger partial charge on any atom is 0.200 e. The highest BCUT2D eigenvalue weighted by atomic mass is 19.2. The smallest absolute Gasteiger partial charge is 0.200 e. The second-order valence-corrected chi connectivity index (χ2v) is 4.12. The van der Waals surface area contributed by atoms with Gasteiger partial charge in [0.05, 0.1) is 12.5 Å². The third kappa shape index (κ3) is 2.28. The van der Waals surface area contributed by atoms with E-state index in [1.807, 2.05) is 6.08 Å². The largest absolute Gasteiger partial charge is 0.491 e. The third-order valence-corrected chi connectivity index (χ3v) is 2.94. The van der Waals surface area contributed by atoms with Crippen LogP contribution in [-0.2, 0) is 4.79 Å². The van der Waals surface area contributed by atoms with Gasteiger partial charge in [0.25, 0.3) is 0 Å². The predicted octanol–water partition coefficient (Wildman–Crippen LogP) is 3.37. The van der Waals surface area contributed by atoms with Gasteiger partial charge in [0.1, 0.15) is 5.78 Å². The van der Waals surface area contributed by atoms with Crippen molar-refractivity contribution in [2.75, 3.05) is 6.61 Å². The summed E-state index contributed by atoms with van der Waals surface area (Å²) < 4.78 is 32.6. The Bertz CT molecular complexity index is 495. The van der Waals surface area contributed by atoms with Crippen LogP contribution in [0.2, 0.25) is 0 Å². The molecule has 18 heavy (non-hydrogen) atoms. The molecule has 1 aliphatic rings. The number of halogens is 2. The van der Waals surface area contributed by atoms with Crippen molar-refractivity contribution in [2.24, 2.45) is 0 Å². The SMILES string of the molecule is CCOc1ccc(C2C=CCCC2=O)c(F)c1F. The molecule has 1 atom stereocenters. The highest BCUT2D eigenvalue weighted by Gasteiger charge is 2.25. The van der Waals surface area contributed by atoms with Crippen LogP contribution in [0.25, 0.3) is 0 Å². The van der Waals surface area contributed by atoms with E-state index in [1.165, 1.54) is 12.1 Å². The predicted molar refractivity (Wildman–Crippen MR) is 63.6 cm³/mol. The molecule has 2 rings (SSSR count). The van der Waals surface area contributed by atoms with E-state index in [-0.39, 0.29) is 23.7 Å². The first-order valence-electron chi connectivity index (χ1n) is 5.95. The van der Waals surface area contributed by atoms with Gasteiger partial charge in [-0.1, -0.05) is 18.2 Å². The zero-order valence-electron chi connectivity index (χ0n) is 10.1. The highest BCUT2D eigenvalue weighted by Crippen LogP contribution is 2.31. The van der Waals surface area contributed by atoms with Crippen LogP contribution >= 0.6 is 0 Å². The number of ketones is 1. The molecule has 0 bridgehead atoms. The highest BCUT2D eigenvalue weighted by molar-refractivity contribution is 5.88. The van der Waals surface area contributed by atoms with Crippen LogP contribution in [0.3, 0.4) is 0 Å². The molecule has 1 unspecified atom stereocenters. The first kappa shape index (κ1) is 12.7. The molecule has 0 radical (unpaired) electrons. The minimum absolute atomic E-state index is 0.0805. The molecule has 0 saturated heterocycles. The summed E-state index contributed by atoms with van der Waals surface area (Å²) in [5.41, 5.74) is 0.0805. The molecule has 0 N–H and O–H groups in total. The minimum atomic E-state index is -1.03. The molecule has 1 aliphatic carbocycles. The van der Waals surface area contributed by atoms with Crippen molar-refractivity contribution < 1.29 is 18.3 Å². The van der Waals surface area contributed by atoms with Gasteiger partial charge < -0.3 is 4.74 Å². The van der Waals surface area contributed by atoms with Gasteiger partial charge in [-0.3, -0.25) is 4.79 Å². The number of hydrogen-bond donors (Lipinski definition) is 0. The van der Waals surface area contributed by atoms with E-state index < -0.39 is 17.6 Å². The summed E-state index contributed by atoms with van der Waals surface area (Å²) in [5.74, 6) is -2.90. The maximum absolute atomic E-state index is 13.9. The number of ether oxygens (including phenoxy) is 1. The number of carbonyl (C=O) groups excluding carboxylic acids is 1. The van der Waals surface area contributed by atoms with E-state index in [2.05, 4.69) is 0 Å². The molecule has 1 aromatic carbocycles. The third-order valence-electron chi connectivity index (χ3n) is 2.94. The fourth-order valence-corrected chi connectivity index (χ4v) is 2.05. The lowest BCUT2D eigenvalue weighted by Gasteiger charge is -2.17. The van der Waals surface area contributed by atoms with Crippen molar-refractivity contribution >= 4 is 5.78 Å². The molecule has 0 amide bonds. The number of allylic oxidation sites excluding steroid dienone is 2. The average molecular weight is 252 g/mol. The lowest BCUT2D eigenvalue weighted by Crippen LogP contribution is -2.15. The van der Waals surface area contributed by atoms with E-state index in [1.54, 1.807) is 13.0 Å². The molecule has 0 aromatic heterocycles. The Kier molecular flexibility index (Phi) is 3.75. The molecule has 0 spiro atoms. The fraction of sp³-hybridized carbons (Fsp3) is 0.357. The van der Waals surface area contributed by atoms with Gasteiger partial charge >= 0.3 is 0 Å². The summed E-state index contributed by atoms with van der Waals surface area (Å²) in [6.45, 7) is 1.95. The minimum Gasteiger partial charge on any atom is -0.491 e. The number of rotatable bonds is 3. The first-order chi connectivity index (χ1) is 8.65. The van der Waals surface area contributed by atoms with Gasteiger partial charge in [-0.2, -0.15) is 4.39 Å². The first-order valence-corrected chi connectivity index (χ1v) is 5.95. The second kappa shape index (κ2) is 5.29. The summed E-state index contributed by atoms with van der Waals surface area (Å²) >= 11 is 0. The molecular formula is C14H14F2O2. The Morgan fingerprint density at radius 1 is 1.33 bits per heavy atom. The molecule has 0 aliphatic heterocycles. The maximum atomic E-state index is 13.9. The van der Waals surface area contributed by atoms with Crippen LogP contribution in [-0.4, -0.2) is 12.4 Å². The summed E-state index contributed by atoms with van der Waals surface area (Å²) in [5, 5.41) is 0. The van der Waals surface area contributed by atoms with Crippen LogP contribution in [0, 0.1) is 11.6 Å². The van der Waals surface area contributed by atoms with E-state index in [9.17, 15) is 13.6 Å². The molecular weight excluding hydrogens is 238 g/mol. The Labute approximate surface area is 104 Å². The Morgan fingerprint density at radius 3 is 2.78 bits per heavy atom. The Balaban J connectivity index is 2.40. The Hall–Kier alpha value is -1.71. The molecule has 0 fully saturated rings. The van der Waals surface area contributed by atoms with Crippen LogP contribution in [0.4, 0.5) is 8.78 Å². The average Bonchev–Trinajstić information content (AvgIpc) is 2.37. The van der Waals surface area contributed by atoms with Crippen molar-refractivity contribution in [1.82, 2.24) is 0 Å². The summed E-state index contributed by atoms with van der Waals surface area (Å²) in [6.07, 6.45) is 4.48. The van der Waals surface area contributed by atoms with Crippen molar-refractivity contribution in [2.45, 2.75) is 25.7 Å². The molecule has 0 heterocycles. The van der Waals surface area contributed by atoms with Crippen molar-refractivity contribution in [3.05, 3.63) is 41.5 Å². The van der Waals surface area contributed by atoms with Crippen LogP contribution in [0.15, 0.2) is 24.3 Å². The fourth-order valence-electron chi connectivity index (χ4n) is 2.05. The van der Waals surface area contributed by atoms with Gasteiger partial charge in [0, 0.05) is 12.0 Å². The van der Waals surface area contributed by atoms with Crippen molar-refractivity contribution in [3.8, 4) is 5.75 Å². The topological polar surface area (TPSA) is 26.3 Å². The number of carbonyl (C=O) groups is 1. The summed E-state index contributed by atoms with van der Waals surface area (Å²) in [7, 11) is 0. The van der Waals surface area contributed by atoms with Gasteiger partial charge in [-0.15, -0.1) is 0 Å². The monoisotopic (exact) mass is 252 g/mol. The number of hydrogen-bond acceptors (Lipinski definition) is 2. The van der Waals surface area contributed by atoms with Gasteiger partial charge in [-0.05, 0) is 19.4 Å². The Morgan fingerprint density at radius 2 is 2.11 bits per heavy atom. The summed E-state index contributed by atoms with van der Waals surface area (Å²) in [6, 6.07) is 2.79. The van der Waals surface area contributed by atoms with Crippen LogP contribution < -0.4 is 4.74 Å². The quantitative estimate of drug-likeness (QED) is 0.771. The lowest BCUT2D eigenvalue weighted by molar-refractivity contribution is -0.119. The normalized spacial score (nSPS) is 19.1. The zero-order chi connectivity index (χ0) is 13.1. The van der Waals surface area contributed by atoms with Gasteiger partial charge in [0.2, 0.25) is 5.82 Å². The molecule has 4 heteroatoms. The van der Waals surface area contributed by atoms with E-state index in [4.69, 9.17) is 4.74 Å². The number of benzene rings is 1. The van der Waals surface area contributed by atoms with E-state index in [0.717, 1.165) is 0 Å². The number of Topliss-reactive ketones (excluding diaryl/α,β-unsaturated/α-hetero) is 1. The van der Waals surface area contributed by atoms with Gasteiger partial charge in [0.15, 0.2) is 11.6 Å². The van der Waals surface area contributed by atoms with Crippen molar-refractivity contribution in [3.63, 3.8) is 0 Å². The molecule has 0 saturated carbocycles. The van der Waals surface area contributed by atoms with E-state index >= 15 is 0 Å². The van der Waals surface area contributed by atoms with Crippen molar-refractivity contribution in [1.29, 1.82) is 0 Å². The molecule has 2 nitrogen and oxygen atoms in total. The van der Waals surface area contributed by atoms with Crippen LogP contribution in [0.1, 0.15) is 31.2 Å². The van der Waals surface area contributed by atoms with E-state index in [0.29, 0.717) is 12.8 Å². The molecule has 96 valence electrons. The lowest BCUT2D eigenvalue weighted by atomic mass is 9.87.